The summed E-state index contributed by atoms with van der Waals surface area (Å²) >= 11 is 0. The largest absolute Gasteiger partial charge is 0.353 e. The van der Waals surface area contributed by atoms with Crippen molar-refractivity contribution in [3.05, 3.63) is 47.0 Å². The zero-order valence-corrected chi connectivity index (χ0v) is 10.5. The maximum absolute atomic E-state index is 11.8. The number of H-pyrrole nitrogens is 1. The maximum atomic E-state index is 11.8. The lowest BCUT2D eigenvalue weighted by atomic mass is 9.99. The molecule has 0 radical (unpaired) electrons. The fraction of sp³-hybridized carbons (Fsp3) is 0. The first kappa shape index (κ1) is 11.7. The Kier molecular flexibility index (Phi) is 2.50. The second-order valence-corrected chi connectivity index (χ2v) is 4.18. The minimum Gasteiger partial charge on any atom is -0.353 e. The molecule has 1 aliphatic heterocycles. The molecule has 3 aromatic rings. The van der Waals surface area contributed by atoms with Gasteiger partial charge >= 0.3 is 0 Å². The molecule has 0 amide bonds. The van der Waals surface area contributed by atoms with Crippen LogP contribution in [0.2, 0.25) is 0 Å². The first-order valence-corrected chi connectivity index (χ1v) is 5.57. The van der Waals surface area contributed by atoms with Gasteiger partial charge in [0.2, 0.25) is 0 Å². The Hall–Kier alpha value is -2.40. The molecule has 2 N–H and O–H groups in total. The van der Waals surface area contributed by atoms with Gasteiger partial charge in [-0.15, -0.1) is 12.4 Å². The zero-order chi connectivity index (χ0) is 12.1. The molecule has 6 heteroatoms. The van der Waals surface area contributed by atoms with E-state index in [1.54, 1.807) is 18.5 Å². The minimum atomic E-state index is -0.171. The van der Waals surface area contributed by atoms with Crippen LogP contribution in [0.1, 0.15) is 0 Å². The van der Waals surface area contributed by atoms with Gasteiger partial charge < -0.3 is 5.32 Å². The van der Waals surface area contributed by atoms with Crippen LogP contribution in [0.5, 0.6) is 0 Å². The van der Waals surface area contributed by atoms with E-state index < -0.39 is 0 Å². The Balaban J connectivity index is 0.00000110. The Morgan fingerprint density at radius 2 is 2.00 bits per heavy atom. The molecule has 1 aromatic carbocycles. The molecule has 2 aromatic heterocycles. The highest BCUT2D eigenvalue weighted by Crippen LogP contribution is 2.40. The quantitative estimate of drug-likeness (QED) is 0.516. The predicted molar refractivity (Wildman–Crippen MR) is 76.1 cm³/mol. The maximum Gasteiger partial charge on any atom is 0.272 e. The van der Waals surface area contributed by atoms with E-state index in [1.807, 2.05) is 18.2 Å². The van der Waals surface area contributed by atoms with Gasteiger partial charge in [-0.05, 0) is 18.2 Å². The molecule has 0 bridgehead atoms. The van der Waals surface area contributed by atoms with Crippen molar-refractivity contribution in [2.45, 2.75) is 0 Å². The van der Waals surface area contributed by atoms with E-state index in [4.69, 9.17) is 0 Å². The molecule has 0 fully saturated rings. The third kappa shape index (κ3) is 1.52. The Labute approximate surface area is 114 Å². The molecule has 0 spiro atoms. The Morgan fingerprint density at radius 1 is 1.11 bits per heavy atom. The lowest BCUT2D eigenvalue weighted by Crippen LogP contribution is -2.13. The molecule has 5 nitrogen and oxygen atoms in total. The Bertz CT molecular complexity index is 843. The average Bonchev–Trinajstić information content (AvgIpc) is 2.42. The highest BCUT2D eigenvalue weighted by atomic mass is 35.5. The van der Waals surface area contributed by atoms with Gasteiger partial charge in [0.25, 0.3) is 5.56 Å². The van der Waals surface area contributed by atoms with Crippen LogP contribution in [0.25, 0.3) is 22.0 Å². The highest BCUT2D eigenvalue weighted by molar-refractivity contribution is 6.08. The van der Waals surface area contributed by atoms with Crippen molar-refractivity contribution >= 4 is 34.6 Å². The van der Waals surface area contributed by atoms with E-state index in [2.05, 4.69) is 20.5 Å². The van der Waals surface area contributed by atoms with Gasteiger partial charge in [-0.2, -0.15) is 5.10 Å². The fourth-order valence-electron chi connectivity index (χ4n) is 2.36. The molecule has 0 saturated heterocycles. The number of hydrogen-bond acceptors (Lipinski definition) is 4. The van der Waals surface area contributed by atoms with E-state index in [0.717, 1.165) is 28.0 Å². The van der Waals surface area contributed by atoms with Gasteiger partial charge in [0.05, 0.1) is 17.3 Å². The van der Waals surface area contributed by atoms with Crippen molar-refractivity contribution < 1.29 is 0 Å². The lowest BCUT2D eigenvalue weighted by molar-refractivity contribution is 1.01. The normalized spacial score (nSPS) is 11.4. The molecule has 3 heterocycles. The third-order valence-corrected chi connectivity index (χ3v) is 3.16. The van der Waals surface area contributed by atoms with Crippen molar-refractivity contribution in [2.75, 3.05) is 5.32 Å². The number of halogens is 1. The number of nitrogens with one attached hydrogen (secondary N) is 2. The van der Waals surface area contributed by atoms with E-state index in [-0.39, 0.29) is 18.0 Å². The number of nitrogens with zero attached hydrogens (tertiary/aromatic N) is 2. The summed E-state index contributed by atoms with van der Waals surface area (Å²) < 4.78 is 0. The topological polar surface area (TPSA) is 70.7 Å². The van der Waals surface area contributed by atoms with Crippen molar-refractivity contribution in [1.29, 1.82) is 0 Å². The first-order valence-electron chi connectivity index (χ1n) is 5.57. The predicted octanol–water partition coefficient (Wildman–Crippen LogP) is 2.46. The SMILES string of the molecule is Cl.O=c1[nH]nc2c3c(cccc13)Nc1cnccc1-2. The van der Waals surface area contributed by atoms with Crippen LogP contribution >= 0.6 is 12.4 Å². The van der Waals surface area contributed by atoms with E-state index in [0.29, 0.717) is 5.39 Å². The molecule has 4 rings (SSSR count). The second kappa shape index (κ2) is 4.07. The first-order chi connectivity index (χ1) is 8.84. The van der Waals surface area contributed by atoms with Gasteiger partial charge in [-0.1, -0.05) is 6.07 Å². The van der Waals surface area contributed by atoms with Crippen LogP contribution < -0.4 is 10.9 Å². The minimum absolute atomic E-state index is 0. The van der Waals surface area contributed by atoms with Crippen molar-refractivity contribution in [2.24, 2.45) is 0 Å². The van der Waals surface area contributed by atoms with Crippen LogP contribution in [0.15, 0.2) is 41.5 Å². The fourth-order valence-corrected chi connectivity index (χ4v) is 2.36. The van der Waals surface area contributed by atoms with Gasteiger partial charge in [0, 0.05) is 22.8 Å². The van der Waals surface area contributed by atoms with Crippen molar-refractivity contribution in [3.8, 4) is 11.3 Å². The monoisotopic (exact) mass is 272 g/mol. The Morgan fingerprint density at radius 3 is 2.89 bits per heavy atom. The molecule has 0 atom stereocenters. The standard InChI is InChI=1S/C13H8N4O.ClH/c18-13-8-2-1-3-9-11(8)12(16-17-13)7-4-5-14-6-10(7)15-9;/h1-6,15H,(H,17,18);1H. The summed E-state index contributed by atoms with van der Waals surface area (Å²) in [6.07, 6.45) is 3.47. The number of aromatic amines is 1. The van der Waals surface area contributed by atoms with Crippen LogP contribution in [0.3, 0.4) is 0 Å². The number of aromatic nitrogens is 3. The summed E-state index contributed by atoms with van der Waals surface area (Å²) in [7, 11) is 0. The van der Waals surface area contributed by atoms with Crippen LogP contribution in [-0.4, -0.2) is 15.2 Å². The van der Waals surface area contributed by atoms with Gasteiger partial charge in [-0.25, -0.2) is 5.10 Å². The smallest absolute Gasteiger partial charge is 0.272 e. The molecule has 0 saturated carbocycles. The van der Waals surface area contributed by atoms with Gasteiger partial charge in [0.1, 0.15) is 5.69 Å². The molecule has 1 aliphatic rings. The molecule has 0 aliphatic carbocycles. The molecular weight excluding hydrogens is 264 g/mol. The highest BCUT2D eigenvalue weighted by Gasteiger charge is 2.20. The summed E-state index contributed by atoms with van der Waals surface area (Å²) in [5, 5.41) is 11.5. The molecule has 0 unspecified atom stereocenters. The van der Waals surface area contributed by atoms with Crippen LogP contribution in [0.4, 0.5) is 11.4 Å². The van der Waals surface area contributed by atoms with E-state index in [9.17, 15) is 4.79 Å². The van der Waals surface area contributed by atoms with Crippen molar-refractivity contribution in [1.82, 2.24) is 15.2 Å². The summed E-state index contributed by atoms with van der Waals surface area (Å²) in [4.78, 5) is 15.9. The number of benzene rings is 1. The number of rotatable bonds is 0. The van der Waals surface area contributed by atoms with E-state index >= 15 is 0 Å². The lowest BCUT2D eigenvalue weighted by Gasteiger charge is -2.19. The summed E-state index contributed by atoms with van der Waals surface area (Å²) in [6.45, 7) is 0. The van der Waals surface area contributed by atoms with Gasteiger partial charge in [0.15, 0.2) is 0 Å². The molecule has 19 heavy (non-hydrogen) atoms. The summed E-state index contributed by atoms with van der Waals surface area (Å²) in [5.41, 5.74) is 3.36. The second-order valence-electron chi connectivity index (χ2n) is 4.18. The van der Waals surface area contributed by atoms with Gasteiger partial charge in [-0.3, -0.25) is 9.78 Å². The number of fused-ring (bicyclic) bond motifs is 2. The number of anilines is 2. The number of hydrogen-bond donors (Lipinski definition) is 2. The average molecular weight is 273 g/mol. The summed E-state index contributed by atoms with van der Waals surface area (Å²) in [5.74, 6) is 0. The number of pyridine rings is 1. The van der Waals surface area contributed by atoms with Crippen LogP contribution in [-0.2, 0) is 0 Å². The van der Waals surface area contributed by atoms with Crippen LogP contribution in [0, 0.1) is 0 Å². The molecular formula is C13H9ClN4O. The molecule has 94 valence electrons. The van der Waals surface area contributed by atoms with Crippen molar-refractivity contribution in [3.63, 3.8) is 0 Å². The zero-order valence-electron chi connectivity index (χ0n) is 9.68. The third-order valence-electron chi connectivity index (χ3n) is 3.16. The summed E-state index contributed by atoms with van der Waals surface area (Å²) in [6, 6.07) is 7.48. The van der Waals surface area contributed by atoms with E-state index in [1.165, 1.54) is 0 Å².